The summed E-state index contributed by atoms with van der Waals surface area (Å²) in [5, 5.41) is 3.08. The van der Waals surface area contributed by atoms with Crippen molar-refractivity contribution in [2.24, 2.45) is 4.99 Å². The van der Waals surface area contributed by atoms with Crippen molar-refractivity contribution in [1.82, 2.24) is 9.78 Å². The van der Waals surface area contributed by atoms with E-state index in [1.165, 1.54) is 27.9 Å². The topological polar surface area (TPSA) is 50.1 Å². The van der Waals surface area contributed by atoms with E-state index in [2.05, 4.69) is 53.6 Å². The normalized spacial score (nSPS) is 11.8. The molecule has 1 heterocycles. The monoisotopic (exact) mass is 427 g/mol. The van der Waals surface area contributed by atoms with Crippen LogP contribution in [0.5, 0.6) is 0 Å². The lowest BCUT2D eigenvalue weighted by Gasteiger charge is -2.17. The maximum Gasteiger partial charge on any atom is 0.280 e. The highest BCUT2D eigenvalue weighted by molar-refractivity contribution is 5.99. The Morgan fingerprint density at radius 2 is 1.50 bits per heavy atom. The molecule has 3 aromatic carbocycles. The molecule has 0 saturated heterocycles. The molecule has 5 heteroatoms. The molecule has 0 spiro atoms. The summed E-state index contributed by atoms with van der Waals surface area (Å²) in [6.45, 7) is 4.32. The van der Waals surface area contributed by atoms with Gasteiger partial charge in [-0.1, -0.05) is 60.7 Å². The van der Waals surface area contributed by atoms with Gasteiger partial charge in [-0.3, -0.25) is 14.9 Å². The molecule has 1 aromatic heterocycles. The standard InChI is InChI=1S/C27H26FN3O/c1-19(26-20(2)30-31(27(26)32)24-15-13-23(28)14-16-24)29-18-17-25(21-9-5-3-6-10-21)22-11-7-4-8-12-22/h3-16,25,30H,17-18H2,1-2H3. The van der Waals surface area contributed by atoms with Crippen LogP contribution in [0.2, 0.25) is 0 Å². The molecule has 0 aliphatic rings. The van der Waals surface area contributed by atoms with Gasteiger partial charge in [-0.2, -0.15) is 0 Å². The van der Waals surface area contributed by atoms with E-state index >= 15 is 0 Å². The quantitative estimate of drug-likeness (QED) is 0.381. The van der Waals surface area contributed by atoms with Crippen LogP contribution < -0.4 is 5.56 Å². The van der Waals surface area contributed by atoms with Crippen LogP contribution in [0.25, 0.3) is 5.69 Å². The van der Waals surface area contributed by atoms with Crippen molar-refractivity contribution in [3.8, 4) is 5.69 Å². The Bertz CT molecular complexity index is 1220. The summed E-state index contributed by atoms with van der Waals surface area (Å²) in [6.07, 6.45) is 0.834. The molecule has 4 rings (SSSR count). The number of benzene rings is 3. The average Bonchev–Trinajstić information content (AvgIpc) is 3.12. The van der Waals surface area contributed by atoms with Crippen LogP contribution in [0.3, 0.4) is 0 Å². The van der Waals surface area contributed by atoms with Crippen molar-refractivity contribution < 1.29 is 4.39 Å². The molecule has 32 heavy (non-hydrogen) atoms. The summed E-state index contributed by atoms with van der Waals surface area (Å²) >= 11 is 0. The predicted octanol–water partition coefficient (Wildman–Crippen LogP) is 5.64. The number of rotatable bonds is 7. The van der Waals surface area contributed by atoms with Gasteiger partial charge in [0, 0.05) is 23.9 Å². The lowest BCUT2D eigenvalue weighted by molar-refractivity contribution is 0.627. The van der Waals surface area contributed by atoms with E-state index < -0.39 is 0 Å². The Hall–Kier alpha value is -3.73. The highest BCUT2D eigenvalue weighted by Gasteiger charge is 2.16. The van der Waals surface area contributed by atoms with Crippen LogP contribution >= 0.6 is 0 Å². The number of nitrogens with one attached hydrogen (secondary N) is 1. The summed E-state index contributed by atoms with van der Waals surface area (Å²) in [6, 6.07) is 26.7. The lowest BCUT2D eigenvalue weighted by Crippen LogP contribution is -2.20. The van der Waals surface area contributed by atoms with Gasteiger partial charge < -0.3 is 0 Å². The first kappa shape index (κ1) is 21.5. The smallest absolute Gasteiger partial charge is 0.280 e. The number of nitrogens with zero attached hydrogens (tertiary/aromatic N) is 2. The molecule has 0 aliphatic heterocycles. The highest BCUT2D eigenvalue weighted by Crippen LogP contribution is 2.27. The van der Waals surface area contributed by atoms with Crippen molar-refractivity contribution in [1.29, 1.82) is 0 Å². The molecule has 0 saturated carbocycles. The van der Waals surface area contributed by atoms with E-state index in [1.807, 2.05) is 26.0 Å². The molecule has 1 N–H and O–H groups in total. The second kappa shape index (κ2) is 9.60. The number of aromatic amines is 1. The minimum Gasteiger partial charge on any atom is -0.295 e. The Kier molecular flexibility index (Phi) is 6.45. The molecular formula is C27H26FN3O. The number of aryl methyl sites for hydroxylation is 1. The minimum absolute atomic E-state index is 0.182. The SMILES string of the molecule is CC(=NCCC(c1ccccc1)c1ccccc1)c1c(C)[nH]n(-c2ccc(F)cc2)c1=O. The fraction of sp³-hybridized carbons (Fsp3) is 0.185. The fourth-order valence-electron chi connectivity index (χ4n) is 4.08. The molecule has 162 valence electrons. The Labute approximate surface area is 187 Å². The molecule has 0 radical (unpaired) electrons. The van der Waals surface area contributed by atoms with Crippen molar-refractivity contribution in [3.05, 3.63) is 123 Å². The van der Waals surface area contributed by atoms with Gasteiger partial charge in [0.1, 0.15) is 5.82 Å². The molecule has 4 nitrogen and oxygen atoms in total. The fourth-order valence-corrected chi connectivity index (χ4v) is 4.08. The zero-order valence-corrected chi connectivity index (χ0v) is 18.3. The number of aliphatic imine (C=N–C) groups is 1. The van der Waals surface area contributed by atoms with Crippen LogP contribution in [0.4, 0.5) is 4.39 Å². The molecule has 0 atom stereocenters. The Balaban J connectivity index is 1.57. The second-order valence-corrected chi connectivity index (χ2v) is 7.86. The Morgan fingerprint density at radius 1 is 0.938 bits per heavy atom. The number of H-pyrrole nitrogens is 1. The van der Waals surface area contributed by atoms with E-state index in [0.717, 1.165) is 12.1 Å². The summed E-state index contributed by atoms with van der Waals surface area (Å²) in [4.78, 5) is 17.8. The van der Waals surface area contributed by atoms with E-state index in [1.54, 1.807) is 12.1 Å². The van der Waals surface area contributed by atoms with Gasteiger partial charge in [-0.25, -0.2) is 9.07 Å². The summed E-state index contributed by atoms with van der Waals surface area (Å²) in [5.41, 5.74) is 4.91. The third-order valence-corrected chi connectivity index (χ3v) is 5.69. The average molecular weight is 428 g/mol. The molecule has 0 unspecified atom stereocenters. The van der Waals surface area contributed by atoms with E-state index in [9.17, 15) is 9.18 Å². The number of aromatic nitrogens is 2. The molecule has 0 fully saturated rings. The maximum atomic E-state index is 13.2. The zero-order chi connectivity index (χ0) is 22.5. The van der Waals surface area contributed by atoms with Gasteiger partial charge in [0.2, 0.25) is 0 Å². The predicted molar refractivity (Wildman–Crippen MR) is 128 cm³/mol. The molecule has 0 aliphatic carbocycles. The van der Waals surface area contributed by atoms with Gasteiger partial charge in [0.15, 0.2) is 0 Å². The van der Waals surface area contributed by atoms with Crippen molar-refractivity contribution in [2.45, 2.75) is 26.2 Å². The van der Waals surface area contributed by atoms with Crippen LogP contribution in [-0.4, -0.2) is 22.0 Å². The van der Waals surface area contributed by atoms with Crippen LogP contribution in [0, 0.1) is 12.7 Å². The van der Waals surface area contributed by atoms with Gasteiger partial charge in [-0.15, -0.1) is 0 Å². The van der Waals surface area contributed by atoms with Gasteiger partial charge in [-0.05, 0) is 55.7 Å². The molecular weight excluding hydrogens is 401 g/mol. The molecule has 4 aromatic rings. The number of hydrogen-bond donors (Lipinski definition) is 1. The Morgan fingerprint density at radius 3 is 2.06 bits per heavy atom. The number of halogens is 1. The lowest BCUT2D eigenvalue weighted by atomic mass is 9.88. The van der Waals surface area contributed by atoms with Gasteiger partial charge >= 0.3 is 0 Å². The highest BCUT2D eigenvalue weighted by atomic mass is 19.1. The first-order valence-corrected chi connectivity index (χ1v) is 10.7. The maximum absolute atomic E-state index is 13.2. The van der Waals surface area contributed by atoms with Crippen molar-refractivity contribution in [2.75, 3.05) is 6.54 Å². The van der Waals surface area contributed by atoms with Crippen molar-refractivity contribution in [3.63, 3.8) is 0 Å². The zero-order valence-electron chi connectivity index (χ0n) is 18.3. The van der Waals surface area contributed by atoms with E-state index in [0.29, 0.717) is 23.5 Å². The van der Waals surface area contributed by atoms with E-state index in [-0.39, 0.29) is 17.3 Å². The molecule has 0 amide bonds. The third kappa shape index (κ3) is 4.62. The van der Waals surface area contributed by atoms with Crippen LogP contribution in [-0.2, 0) is 0 Å². The summed E-state index contributed by atoms with van der Waals surface area (Å²) in [5.74, 6) is -0.105. The van der Waals surface area contributed by atoms with Gasteiger partial charge in [0.05, 0.1) is 11.3 Å². The third-order valence-electron chi connectivity index (χ3n) is 5.69. The number of hydrogen-bond acceptors (Lipinski definition) is 2. The summed E-state index contributed by atoms with van der Waals surface area (Å²) < 4.78 is 14.7. The minimum atomic E-state index is -0.338. The second-order valence-electron chi connectivity index (χ2n) is 7.86. The first-order valence-electron chi connectivity index (χ1n) is 10.7. The molecule has 0 bridgehead atoms. The van der Waals surface area contributed by atoms with Crippen molar-refractivity contribution >= 4 is 5.71 Å². The summed E-state index contributed by atoms with van der Waals surface area (Å²) in [7, 11) is 0. The van der Waals surface area contributed by atoms with Gasteiger partial charge in [0.25, 0.3) is 5.56 Å². The largest absolute Gasteiger partial charge is 0.295 e. The van der Waals surface area contributed by atoms with Crippen LogP contribution in [0.15, 0.2) is 94.7 Å². The first-order chi connectivity index (χ1) is 15.5. The van der Waals surface area contributed by atoms with E-state index in [4.69, 9.17) is 4.99 Å². The van der Waals surface area contributed by atoms with Crippen LogP contribution in [0.1, 0.15) is 41.6 Å².